The number of amides is 1. The first kappa shape index (κ1) is 16.1. The van der Waals surface area contributed by atoms with Crippen LogP contribution in [0, 0.1) is 0 Å². The highest BCUT2D eigenvalue weighted by atomic mass is 35.5. The highest BCUT2D eigenvalue weighted by Crippen LogP contribution is 2.30. The van der Waals surface area contributed by atoms with E-state index >= 15 is 0 Å². The van der Waals surface area contributed by atoms with Gasteiger partial charge in [0.05, 0.1) is 17.3 Å². The highest BCUT2D eigenvalue weighted by Gasteiger charge is 2.41. The molecule has 5 nitrogen and oxygen atoms in total. The summed E-state index contributed by atoms with van der Waals surface area (Å²) in [6, 6.07) is 4.75. The number of hydrogen-bond acceptors (Lipinski definition) is 3. The lowest BCUT2D eigenvalue weighted by Gasteiger charge is -2.25. The maximum absolute atomic E-state index is 11.9. The lowest BCUT2D eigenvalue weighted by Crippen LogP contribution is -2.52. The predicted octanol–water partition coefficient (Wildman–Crippen LogP) is 2.92. The van der Waals surface area contributed by atoms with Crippen molar-refractivity contribution in [3.8, 4) is 0 Å². The summed E-state index contributed by atoms with van der Waals surface area (Å²) in [4.78, 5) is 23.3. The molecule has 0 aliphatic heterocycles. The van der Waals surface area contributed by atoms with Crippen LogP contribution in [-0.4, -0.2) is 29.1 Å². The summed E-state index contributed by atoms with van der Waals surface area (Å²) in [6.45, 7) is -0.0781. The molecule has 0 heterocycles. The topological polar surface area (TPSA) is 78.4 Å². The molecule has 0 aromatic heterocycles. The van der Waals surface area contributed by atoms with Crippen molar-refractivity contribution in [1.82, 2.24) is 5.32 Å². The Morgan fingerprint density at radius 3 is 2.48 bits per heavy atom. The van der Waals surface area contributed by atoms with E-state index in [-0.39, 0.29) is 12.5 Å². The molecular weight excluding hydrogens is 315 g/mol. The number of rotatable bonds is 5. The fourth-order valence-electron chi connectivity index (χ4n) is 2.48. The Hall–Kier alpha value is -1.30. The van der Waals surface area contributed by atoms with Gasteiger partial charge in [0.25, 0.3) is 0 Å². The highest BCUT2D eigenvalue weighted by molar-refractivity contribution is 6.36. The van der Waals surface area contributed by atoms with Gasteiger partial charge >= 0.3 is 5.97 Å². The second-order valence-electron chi connectivity index (χ2n) is 5.12. The Kier molecular flexibility index (Phi) is 5.08. The van der Waals surface area contributed by atoms with E-state index in [2.05, 4.69) is 10.6 Å². The minimum atomic E-state index is -0.985. The molecule has 114 valence electrons. The zero-order valence-corrected chi connectivity index (χ0v) is 12.8. The Morgan fingerprint density at radius 2 is 1.90 bits per heavy atom. The maximum Gasteiger partial charge on any atom is 0.323 e. The van der Waals surface area contributed by atoms with Crippen molar-refractivity contribution in [1.29, 1.82) is 0 Å². The van der Waals surface area contributed by atoms with Crippen molar-refractivity contribution in [2.24, 2.45) is 0 Å². The van der Waals surface area contributed by atoms with Crippen LogP contribution in [0.3, 0.4) is 0 Å². The number of benzene rings is 1. The fourth-order valence-corrected chi connectivity index (χ4v) is 2.94. The van der Waals surface area contributed by atoms with E-state index in [1.807, 2.05) is 0 Å². The SMILES string of the molecule is O=C(CNC1(C(=O)O)CCCC1)Nc1ccc(Cl)cc1Cl. The van der Waals surface area contributed by atoms with E-state index in [0.29, 0.717) is 28.6 Å². The average Bonchev–Trinajstić information content (AvgIpc) is 2.90. The molecule has 0 bridgehead atoms. The van der Waals surface area contributed by atoms with Crippen LogP contribution in [0.4, 0.5) is 5.69 Å². The van der Waals surface area contributed by atoms with E-state index in [9.17, 15) is 14.7 Å². The number of anilines is 1. The molecule has 1 amide bonds. The third-order valence-corrected chi connectivity index (χ3v) is 4.21. The van der Waals surface area contributed by atoms with E-state index in [0.717, 1.165) is 12.8 Å². The van der Waals surface area contributed by atoms with Gasteiger partial charge in [-0.3, -0.25) is 14.9 Å². The van der Waals surface area contributed by atoms with E-state index in [4.69, 9.17) is 23.2 Å². The minimum absolute atomic E-state index is 0.0781. The number of carbonyl (C=O) groups is 2. The molecule has 0 unspecified atom stereocenters. The van der Waals surface area contributed by atoms with Crippen molar-refractivity contribution in [3.05, 3.63) is 28.2 Å². The smallest absolute Gasteiger partial charge is 0.323 e. The second-order valence-corrected chi connectivity index (χ2v) is 5.96. The molecule has 7 heteroatoms. The van der Waals surface area contributed by atoms with Gasteiger partial charge in [0.15, 0.2) is 0 Å². The molecule has 0 radical (unpaired) electrons. The summed E-state index contributed by atoms with van der Waals surface area (Å²) in [5.74, 6) is -1.25. The normalized spacial score (nSPS) is 16.7. The number of halogens is 2. The van der Waals surface area contributed by atoms with E-state index in [1.165, 1.54) is 6.07 Å². The third-order valence-electron chi connectivity index (χ3n) is 3.66. The number of carbonyl (C=O) groups excluding carboxylic acids is 1. The van der Waals surface area contributed by atoms with Gasteiger partial charge in [-0.2, -0.15) is 0 Å². The van der Waals surface area contributed by atoms with Crippen molar-refractivity contribution in [2.45, 2.75) is 31.2 Å². The zero-order chi connectivity index (χ0) is 15.5. The number of hydrogen-bond donors (Lipinski definition) is 3. The van der Waals surface area contributed by atoms with Gasteiger partial charge < -0.3 is 10.4 Å². The Balaban J connectivity index is 1.94. The summed E-state index contributed by atoms with van der Waals surface area (Å²) < 4.78 is 0. The number of carboxylic acid groups (broad SMARTS) is 1. The van der Waals surface area contributed by atoms with Gasteiger partial charge in [-0.05, 0) is 31.0 Å². The van der Waals surface area contributed by atoms with Crippen LogP contribution >= 0.6 is 23.2 Å². The molecule has 0 saturated heterocycles. The van der Waals surface area contributed by atoms with Crippen molar-refractivity contribution in [2.75, 3.05) is 11.9 Å². The standard InChI is InChI=1S/C14H16Cl2N2O3/c15-9-3-4-11(10(16)7-9)18-12(19)8-17-14(13(20)21)5-1-2-6-14/h3-4,7,17H,1-2,5-6,8H2,(H,18,19)(H,20,21). The van der Waals surface area contributed by atoms with Gasteiger partial charge in [0.1, 0.15) is 5.54 Å². The summed E-state index contributed by atoms with van der Waals surface area (Å²) in [7, 11) is 0. The number of nitrogens with one attached hydrogen (secondary N) is 2. The molecule has 2 rings (SSSR count). The largest absolute Gasteiger partial charge is 0.480 e. The summed E-state index contributed by atoms with van der Waals surface area (Å²) in [5.41, 5.74) is -0.537. The average molecular weight is 331 g/mol. The van der Waals surface area contributed by atoms with Gasteiger partial charge in [-0.25, -0.2) is 0 Å². The molecule has 1 saturated carbocycles. The van der Waals surface area contributed by atoms with Crippen LogP contribution in [0.5, 0.6) is 0 Å². The molecule has 0 atom stereocenters. The molecule has 3 N–H and O–H groups in total. The molecule has 1 aromatic carbocycles. The van der Waals surface area contributed by atoms with Gasteiger partial charge in [0, 0.05) is 5.02 Å². The van der Waals surface area contributed by atoms with Crippen LogP contribution in [0.25, 0.3) is 0 Å². The fraction of sp³-hybridized carbons (Fsp3) is 0.429. The molecule has 1 aromatic rings. The Bertz CT molecular complexity index is 557. The Labute approximate surface area is 132 Å². The Morgan fingerprint density at radius 1 is 1.24 bits per heavy atom. The van der Waals surface area contributed by atoms with Crippen molar-refractivity contribution >= 4 is 40.8 Å². The van der Waals surface area contributed by atoms with Gasteiger partial charge in [0.2, 0.25) is 5.91 Å². The van der Waals surface area contributed by atoms with Crippen LogP contribution < -0.4 is 10.6 Å². The first-order valence-corrected chi connectivity index (χ1v) is 7.42. The van der Waals surface area contributed by atoms with Crippen molar-refractivity contribution in [3.63, 3.8) is 0 Å². The number of aliphatic carboxylic acids is 1. The maximum atomic E-state index is 11.9. The van der Waals surface area contributed by atoms with Crippen LogP contribution in [0.2, 0.25) is 10.0 Å². The predicted molar refractivity (Wildman–Crippen MR) is 81.9 cm³/mol. The van der Waals surface area contributed by atoms with Crippen molar-refractivity contribution < 1.29 is 14.7 Å². The summed E-state index contributed by atoms with van der Waals surface area (Å²) in [5, 5.41) is 15.6. The monoisotopic (exact) mass is 330 g/mol. The molecular formula is C14H16Cl2N2O3. The summed E-state index contributed by atoms with van der Waals surface area (Å²) >= 11 is 11.7. The van der Waals surface area contributed by atoms with Gasteiger partial charge in [-0.15, -0.1) is 0 Å². The quantitative estimate of drug-likeness (QED) is 0.775. The zero-order valence-electron chi connectivity index (χ0n) is 11.3. The number of carboxylic acids is 1. The lowest BCUT2D eigenvalue weighted by atomic mass is 9.98. The molecule has 0 spiro atoms. The van der Waals surface area contributed by atoms with Gasteiger partial charge in [-0.1, -0.05) is 36.0 Å². The van der Waals surface area contributed by atoms with Crippen LogP contribution in [0.1, 0.15) is 25.7 Å². The first-order valence-electron chi connectivity index (χ1n) is 6.66. The van der Waals surface area contributed by atoms with Crippen LogP contribution in [0.15, 0.2) is 18.2 Å². The third kappa shape index (κ3) is 3.87. The molecule has 1 aliphatic rings. The second kappa shape index (κ2) is 6.64. The van der Waals surface area contributed by atoms with E-state index in [1.54, 1.807) is 12.1 Å². The molecule has 21 heavy (non-hydrogen) atoms. The molecule has 1 fully saturated rings. The summed E-state index contributed by atoms with van der Waals surface area (Å²) in [6.07, 6.45) is 2.78. The first-order chi connectivity index (χ1) is 9.93. The lowest BCUT2D eigenvalue weighted by molar-refractivity contribution is -0.144. The molecule has 1 aliphatic carbocycles. The van der Waals surface area contributed by atoms with Crippen LogP contribution in [-0.2, 0) is 9.59 Å². The minimum Gasteiger partial charge on any atom is -0.480 e. The van der Waals surface area contributed by atoms with E-state index < -0.39 is 11.5 Å².